The number of hydrogen-bond donors (Lipinski definition) is 1. The summed E-state index contributed by atoms with van der Waals surface area (Å²) in [5, 5.41) is 11.1. The van der Waals surface area contributed by atoms with Gasteiger partial charge in [0.25, 0.3) is 0 Å². The van der Waals surface area contributed by atoms with Crippen molar-refractivity contribution in [3.63, 3.8) is 0 Å². The predicted octanol–water partition coefficient (Wildman–Crippen LogP) is 1.40. The molecule has 0 unspecified atom stereocenters. The van der Waals surface area contributed by atoms with Crippen molar-refractivity contribution in [3.8, 4) is 0 Å². The number of nitrogens with one attached hydrogen (secondary N) is 1. The Morgan fingerprint density at radius 1 is 1.24 bits per heavy atom. The molecule has 1 N–H and O–H groups in total. The van der Waals surface area contributed by atoms with Crippen LogP contribution in [0.4, 0.5) is 5.82 Å². The van der Waals surface area contributed by atoms with Crippen LogP contribution in [0.25, 0.3) is 0 Å². The van der Waals surface area contributed by atoms with Gasteiger partial charge in [0.2, 0.25) is 0 Å². The number of aromatic nitrogens is 5. The van der Waals surface area contributed by atoms with Crippen LogP contribution < -0.4 is 5.32 Å². The Morgan fingerprint density at radius 2 is 2.12 bits per heavy atom. The molecule has 2 rings (SSSR count). The van der Waals surface area contributed by atoms with E-state index < -0.39 is 0 Å². The van der Waals surface area contributed by atoms with E-state index in [1.807, 2.05) is 11.6 Å². The smallest absolute Gasteiger partial charge is 0.145 e. The van der Waals surface area contributed by atoms with Crippen LogP contribution in [-0.2, 0) is 13.1 Å². The minimum atomic E-state index is 0.629. The third kappa shape index (κ3) is 2.99. The van der Waals surface area contributed by atoms with Gasteiger partial charge in [-0.15, -0.1) is 5.10 Å². The molecule has 6 heteroatoms. The molecular formula is C11H16N6. The molecule has 2 aromatic rings. The van der Waals surface area contributed by atoms with Crippen LogP contribution in [0.3, 0.4) is 0 Å². The van der Waals surface area contributed by atoms with Gasteiger partial charge in [-0.05, 0) is 13.3 Å². The lowest BCUT2D eigenvalue weighted by atomic mass is 10.4. The normalized spacial score (nSPS) is 10.5. The lowest BCUT2D eigenvalue weighted by Gasteiger charge is -2.07. The number of aryl methyl sites for hydroxylation is 2. The van der Waals surface area contributed by atoms with Gasteiger partial charge in [0.1, 0.15) is 5.82 Å². The first-order valence-corrected chi connectivity index (χ1v) is 5.69. The van der Waals surface area contributed by atoms with Crippen molar-refractivity contribution in [3.05, 3.63) is 30.0 Å². The van der Waals surface area contributed by atoms with E-state index in [0.717, 1.165) is 30.2 Å². The summed E-state index contributed by atoms with van der Waals surface area (Å²) in [6.07, 6.45) is 6.29. The van der Waals surface area contributed by atoms with Crippen LogP contribution in [0.1, 0.15) is 24.7 Å². The molecule has 0 aromatic carbocycles. The van der Waals surface area contributed by atoms with Crippen molar-refractivity contribution in [2.45, 2.75) is 33.4 Å². The van der Waals surface area contributed by atoms with Crippen molar-refractivity contribution in [1.82, 2.24) is 25.0 Å². The van der Waals surface area contributed by atoms with E-state index in [1.54, 1.807) is 18.6 Å². The molecule has 90 valence electrons. The van der Waals surface area contributed by atoms with Gasteiger partial charge < -0.3 is 5.32 Å². The zero-order valence-electron chi connectivity index (χ0n) is 10.1. The van der Waals surface area contributed by atoms with E-state index in [9.17, 15) is 0 Å². The van der Waals surface area contributed by atoms with Gasteiger partial charge in [0.05, 0.1) is 30.3 Å². The van der Waals surface area contributed by atoms with Gasteiger partial charge in [-0.2, -0.15) is 0 Å². The van der Waals surface area contributed by atoms with Crippen molar-refractivity contribution in [2.75, 3.05) is 5.32 Å². The Morgan fingerprint density at radius 3 is 2.82 bits per heavy atom. The molecule has 0 saturated carbocycles. The quantitative estimate of drug-likeness (QED) is 0.843. The summed E-state index contributed by atoms with van der Waals surface area (Å²) in [7, 11) is 0. The third-order valence-corrected chi connectivity index (χ3v) is 2.34. The molecule has 0 fully saturated rings. The van der Waals surface area contributed by atoms with Crippen LogP contribution in [-0.4, -0.2) is 25.0 Å². The lowest BCUT2D eigenvalue weighted by molar-refractivity contribution is 0.582. The maximum atomic E-state index is 4.28. The summed E-state index contributed by atoms with van der Waals surface area (Å²) in [5.41, 5.74) is 1.83. The average molecular weight is 232 g/mol. The Hall–Kier alpha value is -1.98. The van der Waals surface area contributed by atoms with E-state index in [4.69, 9.17) is 0 Å². The van der Waals surface area contributed by atoms with Gasteiger partial charge in [0.15, 0.2) is 0 Å². The topological polar surface area (TPSA) is 68.5 Å². The van der Waals surface area contributed by atoms with Gasteiger partial charge in [-0.3, -0.25) is 9.97 Å². The molecule has 0 radical (unpaired) electrons. The number of hydrogen-bond acceptors (Lipinski definition) is 5. The highest BCUT2D eigenvalue weighted by Crippen LogP contribution is 2.06. The molecule has 0 saturated heterocycles. The molecule has 0 amide bonds. The van der Waals surface area contributed by atoms with Crippen molar-refractivity contribution >= 4 is 5.82 Å². The molecule has 0 aliphatic carbocycles. The minimum Gasteiger partial charge on any atom is -0.363 e. The second-order valence-corrected chi connectivity index (χ2v) is 3.85. The second kappa shape index (κ2) is 5.38. The Labute approximate surface area is 100 Å². The molecule has 6 nitrogen and oxygen atoms in total. The summed E-state index contributed by atoms with van der Waals surface area (Å²) >= 11 is 0. The van der Waals surface area contributed by atoms with Crippen molar-refractivity contribution < 1.29 is 0 Å². The maximum Gasteiger partial charge on any atom is 0.145 e. The molecule has 0 spiro atoms. The Bertz CT molecular complexity index is 461. The number of nitrogens with zero attached hydrogens (tertiary/aromatic N) is 5. The Kier molecular flexibility index (Phi) is 3.64. The first-order valence-electron chi connectivity index (χ1n) is 5.69. The van der Waals surface area contributed by atoms with Crippen LogP contribution in [0.5, 0.6) is 0 Å². The fourth-order valence-corrected chi connectivity index (χ4v) is 1.46. The summed E-state index contributed by atoms with van der Waals surface area (Å²) in [5.74, 6) is 0.911. The van der Waals surface area contributed by atoms with E-state index in [0.29, 0.717) is 6.54 Å². The predicted molar refractivity (Wildman–Crippen MR) is 64.4 cm³/mol. The lowest BCUT2D eigenvalue weighted by Crippen LogP contribution is -2.09. The molecule has 17 heavy (non-hydrogen) atoms. The molecule has 0 aliphatic rings. The largest absolute Gasteiger partial charge is 0.363 e. The van der Waals surface area contributed by atoms with Gasteiger partial charge in [-0.1, -0.05) is 12.1 Å². The van der Waals surface area contributed by atoms with Gasteiger partial charge in [0, 0.05) is 12.7 Å². The first kappa shape index (κ1) is 11.5. The highest BCUT2D eigenvalue weighted by atomic mass is 15.4. The number of anilines is 1. The average Bonchev–Trinajstić information content (AvgIpc) is 2.77. The van der Waals surface area contributed by atoms with Crippen molar-refractivity contribution in [2.24, 2.45) is 0 Å². The zero-order valence-corrected chi connectivity index (χ0v) is 10.1. The first-order chi connectivity index (χ1) is 8.29. The number of rotatable bonds is 5. The summed E-state index contributed by atoms with van der Waals surface area (Å²) in [6.45, 7) is 5.52. The third-order valence-electron chi connectivity index (χ3n) is 2.34. The zero-order chi connectivity index (χ0) is 12.1. The van der Waals surface area contributed by atoms with Crippen LogP contribution in [0.2, 0.25) is 0 Å². The Balaban J connectivity index is 1.97. The van der Waals surface area contributed by atoms with E-state index in [-0.39, 0.29) is 0 Å². The molecule has 2 heterocycles. The summed E-state index contributed by atoms with van der Waals surface area (Å²) in [4.78, 5) is 8.48. The van der Waals surface area contributed by atoms with Gasteiger partial charge in [-0.25, -0.2) is 4.68 Å². The van der Waals surface area contributed by atoms with Gasteiger partial charge >= 0.3 is 0 Å². The molecule has 0 atom stereocenters. The standard InChI is InChI=1S/C11H16N6/c1-3-4-17-11(8-15-16-17)14-7-10-6-12-9(2)5-13-10/h5-6,8,14H,3-4,7H2,1-2H3. The summed E-state index contributed by atoms with van der Waals surface area (Å²) < 4.78 is 1.85. The second-order valence-electron chi connectivity index (χ2n) is 3.85. The molecule has 2 aromatic heterocycles. The van der Waals surface area contributed by atoms with Crippen LogP contribution >= 0.6 is 0 Å². The van der Waals surface area contributed by atoms with Crippen molar-refractivity contribution in [1.29, 1.82) is 0 Å². The molecular weight excluding hydrogens is 216 g/mol. The van der Waals surface area contributed by atoms with E-state index >= 15 is 0 Å². The van der Waals surface area contributed by atoms with Crippen LogP contribution in [0, 0.1) is 6.92 Å². The fraction of sp³-hybridized carbons (Fsp3) is 0.455. The highest BCUT2D eigenvalue weighted by molar-refractivity contribution is 5.31. The molecule has 0 bridgehead atoms. The van der Waals surface area contributed by atoms with E-state index in [1.165, 1.54) is 0 Å². The molecule has 0 aliphatic heterocycles. The maximum absolute atomic E-state index is 4.28. The van der Waals surface area contributed by atoms with E-state index in [2.05, 4.69) is 32.5 Å². The fourth-order valence-electron chi connectivity index (χ4n) is 1.46. The van der Waals surface area contributed by atoms with Crippen LogP contribution in [0.15, 0.2) is 18.6 Å². The summed E-state index contributed by atoms with van der Waals surface area (Å²) in [6, 6.07) is 0. The highest BCUT2D eigenvalue weighted by Gasteiger charge is 2.02. The minimum absolute atomic E-state index is 0.629. The SMILES string of the molecule is CCCn1nncc1NCc1cnc(C)cn1. The monoisotopic (exact) mass is 232 g/mol.